The van der Waals surface area contributed by atoms with Gasteiger partial charge in [-0.2, -0.15) is 0 Å². The summed E-state index contributed by atoms with van der Waals surface area (Å²) < 4.78 is 72.8. The van der Waals surface area contributed by atoms with E-state index in [0.717, 1.165) is 24.1 Å². The first-order valence-electron chi connectivity index (χ1n) is 12.7. The first-order chi connectivity index (χ1) is 17.5. The number of benzene rings is 3. The van der Waals surface area contributed by atoms with Crippen LogP contribution in [0, 0.1) is 23.3 Å². The summed E-state index contributed by atoms with van der Waals surface area (Å²) >= 11 is 0. The number of rotatable bonds is 11. The molecule has 0 atom stereocenters. The van der Waals surface area contributed by atoms with Crippen molar-refractivity contribution in [3.63, 3.8) is 0 Å². The van der Waals surface area contributed by atoms with Crippen molar-refractivity contribution in [2.45, 2.75) is 64.3 Å². The Labute approximate surface area is 209 Å². The second-order valence-electron chi connectivity index (χ2n) is 9.30. The van der Waals surface area contributed by atoms with Crippen molar-refractivity contribution < 1.29 is 31.8 Å². The van der Waals surface area contributed by atoms with Crippen LogP contribution in [0.3, 0.4) is 0 Å². The van der Waals surface area contributed by atoms with E-state index in [1.807, 2.05) is 6.07 Å². The number of halogens is 4. The minimum atomic E-state index is -1.50. The summed E-state index contributed by atoms with van der Waals surface area (Å²) in [5, 5.41) is 1.14. The van der Waals surface area contributed by atoms with Crippen LogP contribution in [-0.2, 0) is 27.1 Å². The van der Waals surface area contributed by atoms with Crippen LogP contribution < -0.4 is 0 Å². The van der Waals surface area contributed by atoms with Crippen LogP contribution in [0.25, 0.3) is 10.8 Å². The normalized spacial score (nSPS) is 18.1. The van der Waals surface area contributed by atoms with Crippen LogP contribution in [0.2, 0.25) is 0 Å². The largest absolute Gasteiger partial charge is 0.373 e. The Balaban J connectivity index is 1.33. The predicted molar refractivity (Wildman–Crippen MR) is 131 cm³/mol. The zero-order chi connectivity index (χ0) is 25.5. The molecular weight excluding hydrogens is 472 g/mol. The summed E-state index contributed by atoms with van der Waals surface area (Å²) in [6, 6.07) is 10.6. The van der Waals surface area contributed by atoms with Gasteiger partial charge in [0.1, 0.15) is 11.9 Å². The van der Waals surface area contributed by atoms with Gasteiger partial charge in [0.15, 0.2) is 23.7 Å². The fraction of sp³-hybridized carbons (Fsp3) is 0.448. The molecule has 1 aliphatic heterocycles. The van der Waals surface area contributed by atoms with Crippen LogP contribution in [0.4, 0.5) is 17.6 Å². The van der Waals surface area contributed by atoms with Gasteiger partial charge in [0.25, 0.3) is 0 Å². The standard InChI is InChI=1S/C29H32F4O3/c1-2-3-4-5-6-13-34-23-17-35-29(36-18-23)22-11-12-24-21(16-22)10-9-20(27(24)32)8-7-19-14-25(30)28(33)26(31)15-19/h9-12,14-16,23,29H,2-8,13,17-18H2,1H3. The van der Waals surface area contributed by atoms with Crippen LogP contribution in [0.5, 0.6) is 0 Å². The van der Waals surface area contributed by atoms with Gasteiger partial charge in [0.05, 0.1) is 13.2 Å². The highest BCUT2D eigenvalue weighted by Gasteiger charge is 2.24. The molecule has 0 radical (unpaired) electrons. The summed E-state index contributed by atoms with van der Waals surface area (Å²) in [4.78, 5) is 0. The van der Waals surface area contributed by atoms with Crippen molar-refractivity contribution in [1.82, 2.24) is 0 Å². The topological polar surface area (TPSA) is 27.7 Å². The number of ether oxygens (including phenoxy) is 3. The molecule has 0 unspecified atom stereocenters. The van der Waals surface area contributed by atoms with E-state index in [-0.39, 0.29) is 30.3 Å². The van der Waals surface area contributed by atoms with Gasteiger partial charge < -0.3 is 14.2 Å². The lowest BCUT2D eigenvalue weighted by Gasteiger charge is -2.29. The molecule has 1 fully saturated rings. The van der Waals surface area contributed by atoms with E-state index in [4.69, 9.17) is 14.2 Å². The van der Waals surface area contributed by atoms with Crippen LogP contribution in [0.15, 0.2) is 42.5 Å². The molecule has 0 saturated carbocycles. The summed E-state index contributed by atoms with van der Waals surface area (Å²) in [6.07, 6.45) is 5.70. The highest BCUT2D eigenvalue weighted by Crippen LogP contribution is 2.29. The molecule has 4 rings (SSSR count). The molecule has 36 heavy (non-hydrogen) atoms. The Morgan fingerprint density at radius 3 is 2.25 bits per heavy atom. The monoisotopic (exact) mass is 504 g/mol. The van der Waals surface area contributed by atoms with Crippen LogP contribution in [-0.4, -0.2) is 25.9 Å². The number of aryl methyl sites for hydroxylation is 2. The minimum absolute atomic E-state index is 0.0871. The van der Waals surface area contributed by atoms with E-state index in [0.29, 0.717) is 36.2 Å². The Kier molecular flexibility index (Phi) is 9.35. The number of fused-ring (bicyclic) bond motifs is 1. The van der Waals surface area contributed by atoms with E-state index >= 15 is 4.39 Å². The molecule has 1 saturated heterocycles. The molecule has 1 aliphatic rings. The van der Waals surface area contributed by atoms with Gasteiger partial charge in [0, 0.05) is 17.6 Å². The quantitative estimate of drug-likeness (QED) is 0.153. The molecule has 0 spiro atoms. The van der Waals surface area contributed by atoms with Gasteiger partial charge in [-0.25, -0.2) is 17.6 Å². The average molecular weight is 505 g/mol. The van der Waals surface area contributed by atoms with E-state index < -0.39 is 23.7 Å². The molecule has 3 aromatic carbocycles. The average Bonchev–Trinajstić information content (AvgIpc) is 2.89. The van der Waals surface area contributed by atoms with Crippen molar-refractivity contribution in [2.24, 2.45) is 0 Å². The second kappa shape index (κ2) is 12.7. The van der Waals surface area contributed by atoms with Crippen molar-refractivity contribution in [2.75, 3.05) is 19.8 Å². The lowest BCUT2D eigenvalue weighted by molar-refractivity contribution is -0.230. The fourth-order valence-electron chi connectivity index (χ4n) is 4.46. The highest BCUT2D eigenvalue weighted by molar-refractivity contribution is 5.84. The van der Waals surface area contributed by atoms with E-state index in [1.54, 1.807) is 24.3 Å². The molecule has 0 N–H and O–H groups in total. The molecule has 1 heterocycles. The number of unbranched alkanes of at least 4 members (excludes halogenated alkanes) is 4. The van der Waals surface area contributed by atoms with E-state index in [2.05, 4.69) is 6.92 Å². The summed E-state index contributed by atoms with van der Waals surface area (Å²) in [5.74, 6) is -4.38. The van der Waals surface area contributed by atoms with Crippen molar-refractivity contribution >= 4 is 10.8 Å². The zero-order valence-corrected chi connectivity index (χ0v) is 20.5. The molecule has 194 valence electrons. The fourth-order valence-corrected chi connectivity index (χ4v) is 4.46. The molecule has 0 amide bonds. The molecule has 3 nitrogen and oxygen atoms in total. The Morgan fingerprint density at radius 1 is 0.806 bits per heavy atom. The third-order valence-corrected chi connectivity index (χ3v) is 6.53. The number of hydrogen-bond acceptors (Lipinski definition) is 3. The zero-order valence-electron chi connectivity index (χ0n) is 20.5. The summed E-state index contributed by atoms with van der Waals surface area (Å²) in [6.45, 7) is 3.78. The van der Waals surface area contributed by atoms with Crippen LogP contribution >= 0.6 is 0 Å². The molecule has 3 aromatic rings. The maximum atomic E-state index is 15.1. The van der Waals surface area contributed by atoms with Gasteiger partial charge in [-0.05, 0) is 54.0 Å². The van der Waals surface area contributed by atoms with Gasteiger partial charge in [0.2, 0.25) is 0 Å². The third kappa shape index (κ3) is 6.64. The van der Waals surface area contributed by atoms with Crippen LogP contribution in [0.1, 0.15) is 62.0 Å². The lowest BCUT2D eigenvalue weighted by atomic mass is 9.98. The van der Waals surface area contributed by atoms with Gasteiger partial charge in [-0.1, -0.05) is 56.9 Å². The minimum Gasteiger partial charge on any atom is -0.373 e. The highest BCUT2D eigenvalue weighted by atomic mass is 19.2. The lowest BCUT2D eigenvalue weighted by Crippen LogP contribution is -2.33. The maximum absolute atomic E-state index is 15.1. The summed E-state index contributed by atoms with van der Waals surface area (Å²) in [5.41, 5.74) is 1.48. The van der Waals surface area contributed by atoms with E-state index in [1.165, 1.54) is 25.7 Å². The smallest absolute Gasteiger partial charge is 0.194 e. The van der Waals surface area contributed by atoms with Crippen molar-refractivity contribution in [1.29, 1.82) is 0 Å². The Morgan fingerprint density at radius 2 is 1.53 bits per heavy atom. The first kappa shape index (κ1) is 26.6. The molecule has 7 heteroatoms. The van der Waals surface area contributed by atoms with Crippen molar-refractivity contribution in [3.8, 4) is 0 Å². The molecule has 0 bridgehead atoms. The van der Waals surface area contributed by atoms with Gasteiger partial charge in [-0.15, -0.1) is 0 Å². The molecular formula is C29H32F4O3. The molecule has 0 aliphatic carbocycles. The van der Waals surface area contributed by atoms with Crippen molar-refractivity contribution in [3.05, 3.63) is 82.4 Å². The first-order valence-corrected chi connectivity index (χ1v) is 12.7. The SMILES string of the molecule is CCCCCCCOC1COC(c2ccc3c(F)c(CCc4cc(F)c(F)c(F)c4)ccc3c2)OC1. The van der Waals surface area contributed by atoms with E-state index in [9.17, 15) is 13.2 Å². The van der Waals surface area contributed by atoms with Gasteiger partial charge in [-0.3, -0.25) is 0 Å². The third-order valence-electron chi connectivity index (χ3n) is 6.53. The maximum Gasteiger partial charge on any atom is 0.194 e. The molecule has 0 aromatic heterocycles. The Hall–Kier alpha value is -2.48. The Bertz CT molecular complexity index is 1140. The van der Waals surface area contributed by atoms with Gasteiger partial charge >= 0.3 is 0 Å². The second-order valence-corrected chi connectivity index (χ2v) is 9.30. The number of hydrogen-bond donors (Lipinski definition) is 0. The summed E-state index contributed by atoms with van der Waals surface area (Å²) in [7, 11) is 0. The predicted octanol–water partition coefficient (Wildman–Crippen LogP) is 7.58.